The normalized spacial score (nSPS) is 14.5. The number of hydrogen-bond donors (Lipinski definition) is 1. The van der Waals surface area contributed by atoms with Crippen LogP contribution < -0.4 is 5.32 Å². The highest BCUT2D eigenvalue weighted by Crippen LogP contribution is 2.19. The second kappa shape index (κ2) is 6.57. The molecule has 16 heavy (non-hydrogen) atoms. The van der Waals surface area contributed by atoms with Crippen LogP contribution in [0, 0.1) is 12.8 Å². The van der Waals surface area contributed by atoms with E-state index in [9.17, 15) is 0 Å². The maximum atomic E-state index is 3.62. The minimum Gasteiger partial charge on any atom is -0.382 e. The van der Waals surface area contributed by atoms with Gasteiger partial charge in [-0.1, -0.05) is 44.9 Å². The topological polar surface area (TPSA) is 12.0 Å². The van der Waals surface area contributed by atoms with Gasteiger partial charge in [-0.15, -0.1) is 0 Å². The lowest BCUT2D eigenvalue weighted by atomic mass is 9.96. The van der Waals surface area contributed by atoms with Crippen LogP contribution in [0.5, 0.6) is 0 Å². The molecule has 0 spiro atoms. The summed E-state index contributed by atoms with van der Waals surface area (Å²) in [5.41, 5.74) is 2.61. The third-order valence-corrected chi connectivity index (χ3v) is 3.39. The molecule has 1 N–H and O–H groups in total. The molecule has 2 atom stereocenters. The summed E-state index contributed by atoms with van der Waals surface area (Å²) in [7, 11) is 0. The molecule has 1 heteroatoms. The van der Waals surface area contributed by atoms with Gasteiger partial charge in [0.15, 0.2) is 0 Å². The minimum atomic E-state index is 0.549. The molecular formula is C15H25N. The van der Waals surface area contributed by atoms with Gasteiger partial charge in [-0.25, -0.2) is 0 Å². The number of unbranched alkanes of at least 4 members (excludes halogenated alkanes) is 1. The lowest BCUT2D eigenvalue weighted by Gasteiger charge is -2.23. The summed E-state index contributed by atoms with van der Waals surface area (Å²) >= 11 is 0. The van der Waals surface area contributed by atoms with E-state index < -0.39 is 0 Å². The van der Waals surface area contributed by atoms with Crippen LogP contribution in [0.4, 0.5) is 5.69 Å². The minimum absolute atomic E-state index is 0.549. The molecule has 1 aromatic rings. The summed E-state index contributed by atoms with van der Waals surface area (Å²) in [6.45, 7) is 9.04. The molecule has 90 valence electrons. The Morgan fingerprint density at radius 1 is 1.19 bits per heavy atom. The fraction of sp³-hybridized carbons (Fsp3) is 0.600. The number of para-hydroxylation sites is 1. The lowest BCUT2D eigenvalue weighted by molar-refractivity contribution is 0.454. The molecule has 0 radical (unpaired) electrons. The largest absolute Gasteiger partial charge is 0.382 e. The van der Waals surface area contributed by atoms with Crippen LogP contribution in [0.3, 0.4) is 0 Å². The van der Waals surface area contributed by atoms with Gasteiger partial charge in [0.2, 0.25) is 0 Å². The predicted molar refractivity (Wildman–Crippen MR) is 73.0 cm³/mol. The molecule has 0 aliphatic carbocycles. The number of benzene rings is 1. The van der Waals surface area contributed by atoms with Crippen LogP contribution in [-0.2, 0) is 0 Å². The second-order valence-corrected chi connectivity index (χ2v) is 4.87. The van der Waals surface area contributed by atoms with E-state index in [0.29, 0.717) is 6.04 Å². The van der Waals surface area contributed by atoms with E-state index in [2.05, 4.69) is 57.3 Å². The number of hydrogen-bond acceptors (Lipinski definition) is 1. The van der Waals surface area contributed by atoms with Crippen molar-refractivity contribution in [2.75, 3.05) is 5.32 Å². The highest BCUT2D eigenvalue weighted by Gasteiger charge is 2.11. The Morgan fingerprint density at radius 2 is 1.88 bits per heavy atom. The highest BCUT2D eigenvalue weighted by molar-refractivity contribution is 5.50. The standard InChI is InChI=1S/C15H25N/c1-5-6-9-12(2)14(4)16-15-11-8-7-10-13(15)3/h7-8,10-12,14,16H,5-6,9H2,1-4H3. The van der Waals surface area contributed by atoms with Crippen molar-refractivity contribution >= 4 is 5.69 Å². The van der Waals surface area contributed by atoms with Crippen molar-refractivity contribution < 1.29 is 0 Å². The smallest absolute Gasteiger partial charge is 0.0372 e. The van der Waals surface area contributed by atoms with E-state index in [1.807, 2.05) is 0 Å². The lowest BCUT2D eigenvalue weighted by Crippen LogP contribution is -2.24. The molecular weight excluding hydrogens is 194 g/mol. The average molecular weight is 219 g/mol. The van der Waals surface area contributed by atoms with Gasteiger partial charge in [-0.2, -0.15) is 0 Å². The number of anilines is 1. The maximum Gasteiger partial charge on any atom is 0.0372 e. The van der Waals surface area contributed by atoms with Gasteiger partial charge in [-0.3, -0.25) is 0 Å². The van der Waals surface area contributed by atoms with Crippen LogP contribution in [0.25, 0.3) is 0 Å². The zero-order chi connectivity index (χ0) is 12.0. The van der Waals surface area contributed by atoms with Crippen LogP contribution in [0.2, 0.25) is 0 Å². The SMILES string of the molecule is CCCCC(C)C(C)Nc1ccccc1C. The summed E-state index contributed by atoms with van der Waals surface area (Å²) in [5, 5.41) is 3.62. The first-order valence-corrected chi connectivity index (χ1v) is 6.47. The second-order valence-electron chi connectivity index (χ2n) is 4.87. The van der Waals surface area contributed by atoms with E-state index in [-0.39, 0.29) is 0 Å². The average Bonchev–Trinajstić information content (AvgIpc) is 2.28. The number of nitrogens with one attached hydrogen (secondary N) is 1. The van der Waals surface area contributed by atoms with Gasteiger partial charge < -0.3 is 5.32 Å². The molecule has 0 saturated heterocycles. The number of aryl methyl sites for hydroxylation is 1. The van der Waals surface area contributed by atoms with E-state index in [0.717, 1.165) is 5.92 Å². The van der Waals surface area contributed by atoms with Crippen molar-refractivity contribution in [3.63, 3.8) is 0 Å². The Hall–Kier alpha value is -0.980. The Morgan fingerprint density at radius 3 is 2.50 bits per heavy atom. The summed E-state index contributed by atoms with van der Waals surface area (Å²) in [5.74, 6) is 0.736. The van der Waals surface area contributed by atoms with Gasteiger partial charge in [0.1, 0.15) is 0 Å². The first-order chi connectivity index (χ1) is 7.65. The molecule has 0 amide bonds. The van der Waals surface area contributed by atoms with Crippen molar-refractivity contribution in [3.8, 4) is 0 Å². The molecule has 2 unspecified atom stereocenters. The molecule has 0 saturated carbocycles. The Balaban J connectivity index is 2.50. The zero-order valence-corrected chi connectivity index (χ0v) is 11.1. The molecule has 0 bridgehead atoms. The summed E-state index contributed by atoms with van der Waals surface area (Å²) in [4.78, 5) is 0. The maximum absolute atomic E-state index is 3.62. The molecule has 0 fully saturated rings. The van der Waals surface area contributed by atoms with Crippen LogP contribution in [-0.4, -0.2) is 6.04 Å². The van der Waals surface area contributed by atoms with E-state index in [1.165, 1.54) is 30.5 Å². The van der Waals surface area contributed by atoms with Gasteiger partial charge in [0.25, 0.3) is 0 Å². The summed E-state index contributed by atoms with van der Waals surface area (Å²) in [6, 6.07) is 9.06. The molecule has 0 aliphatic heterocycles. The Kier molecular flexibility index (Phi) is 5.37. The molecule has 0 heterocycles. The van der Waals surface area contributed by atoms with Crippen molar-refractivity contribution in [2.45, 2.75) is 53.0 Å². The van der Waals surface area contributed by atoms with Gasteiger partial charge >= 0.3 is 0 Å². The fourth-order valence-electron chi connectivity index (χ4n) is 1.90. The van der Waals surface area contributed by atoms with Crippen molar-refractivity contribution in [1.29, 1.82) is 0 Å². The third-order valence-electron chi connectivity index (χ3n) is 3.39. The van der Waals surface area contributed by atoms with Crippen molar-refractivity contribution in [1.82, 2.24) is 0 Å². The fourth-order valence-corrected chi connectivity index (χ4v) is 1.90. The molecule has 1 nitrogen and oxygen atoms in total. The van der Waals surface area contributed by atoms with E-state index in [4.69, 9.17) is 0 Å². The van der Waals surface area contributed by atoms with Crippen molar-refractivity contribution in [2.24, 2.45) is 5.92 Å². The van der Waals surface area contributed by atoms with Gasteiger partial charge in [0, 0.05) is 11.7 Å². The van der Waals surface area contributed by atoms with Crippen LogP contribution in [0.15, 0.2) is 24.3 Å². The highest BCUT2D eigenvalue weighted by atomic mass is 14.9. The Labute approximate surface area is 100 Å². The number of rotatable bonds is 6. The quantitative estimate of drug-likeness (QED) is 0.736. The first kappa shape index (κ1) is 13.1. The van der Waals surface area contributed by atoms with E-state index >= 15 is 0 Å². The van der Waals surface area contributed by atoms with E-state index in [1.54, 1.807) is 0 Å². The molecule has 0 aromatic heterocycles. The van der Waals surface area contributed by atoms with Gasteiger partial charge in [0.05, 0.1) is 0 Å². The first-order valence-electron chi connectivity index (χ1n) is 6.47. The van der Waals surface area contributed by atoms with Crippen LogP contribution >= 0.6 is 0 Å². The predicted octanol–water partition coefficient (Wildman–Crippen LogP) is 4.62. The third kappa shape index (κ3) is 3.88. The molecule has 1 aromatic carbocycles. The monoisotopic (exact) mass is 219 g/mol. The summed E-state index contributed by atoms with van der Waals surface area (Å²) in [6.07, 6.45) is 3.94. The molecule has 1 rings (SSSR count). The summed E-state index contributed by atoms with van der Waals surface area (Å²) < 4.78 is 0. The van der Waals surface area contributed by atoms with Crippen molar-refractivity contribution in [3.05, 3.63) is 29.8 Å². The van der Waals surface area contributed by atoms with Crippen LogP contribution in [0.1, 0.15) is 45.6 Å². The zero-order valence-electron chi connectivity index (χ0n) is 11.1. The Bertz CT molecular complexity index is 306. The molecule has 0 aliphatic rings. The van der Waals surface area contributed by atoms with Gasteiger partial charge in [-0.05, 0) is 37.8 Å².